The molecule has 2 aliphatic heterocycles. The van der Waals surface area contributed by atoms with Crippen LogP contribution in [0.15, 0.2) is 30.7 Å². The molecule has 1 unspecified atom stereocenters. The number of anilines is 1. The first kappa shape index (κ1) is 17.1. The van der Waals surface area contributed by atoms with E-state index in [1.165, 1.54) is 6.20 Å². The van der Waals surface area contributed by atoms with Crippen LogP contribution < -0.4 is 10.2 Å². The molecule has 3 aromatic heterocycles. The average molecular weight is 380 g/mol. The molecule has 3 aromatic rings. The van der Waals surface area contributed by atoms with Crippen molar-refractivity contribution in [2.24, 2.45) is 5.92 Å². The SMILES string of the molecule is CC1C[C@@H]2c3cc(F)cnc3CCCNC(=O)c3cnn4ccc(nc34)N2C1. The molecule has 0 aromatic carbocycles. The highest BCUT2D eigenvalue weighted by molar-refractivity contribution is 5.99. The van der Waals surface area contributed by atoms with Crippen molar-refractivity contribution in [1.29, 1.82) is 0 Å². The zero-order chi connectivity index (χ0) is 19.3. The smallest absolute Gasteiger partial charge is 0.256 e. The molecule has 1 saturated heterocycles. The van der Waals surface area contributed by atoms with E-state index in [1.807, 2.05) is 12.3 Å². The van der Waals surface area contributed by atoms with Gasteiger partial charge >= 0.3 is 0 Å². The molecule has 0 saturated carbocycles. The molecule has 1 N–H and O–H groups in total. The van der Waals surface area contributed by atoms with Crippen molar-refractivity contribution < 1.29 is 9.18 Å². The third kappa shape index (κ3) is 2.80. The minimum absolute atomic E-state index is 0.0129. The molecule has 28 heavy (non-hydrogen) atoms. The maximum Gasteiger partial charge on any atom is 0.256 e. The van der Waals surface area contributed by atoms with E-state index in [1.54, 1.807) is 16.8 Å². The summed E-state index contributed by atoms with van der Waals surface area (Å²) in [4.78, 5) is 23.9. The maximum absolute atomic E-state index is 14.1. The van der Waals surface area contributed by atoms with Gasteiger partial charge in [0.25, 0.3) is 5.91 Å². The zero-order valence-corrected chi connectivity index (χ0v) is 15.6. The number of carbonyl (C=O) groups excluding carboxylic acids is 1. The van der Waals surface area contributed by atoms with Gasteiger partial charge in [-0.3, -0.25) is 9.78 Å². The molecule has 7 nitrogen and oxygen atoms in total. The lowest BCUT2D eigenvalue weighted by molar-refractivity contribution is 0.0954. The van der Waals surface area contributed by atoms with Crippen LogP contribution in [0, 0.1) is 11.7 Å². The lowest BCUT2D eigenvalue weighted by Crippen LogP contribution is -2.25. The Morgan fingerprint density at radius 3 is 3.11 bits per heavy atom. The molecule has 0 spiro atoms. The van der Waals surface area contributed by atoms with Crippen LogP contribution in [0.4, 0.5) is 10.2 Å². The van der Waals surface area contributed by atoms with Crippen molar-refractivity contribution >= 4 is 17.4 Å². The predicted molar refractivity (Wildman–Crippen MR) is 102 cm³/mol. The largest absolute Gasteiger partial charge is 0.352 e. The summed E-state index contributed by atoms with van der Waals surface area (Å²) in [6.45, 7) is 3.53. The lowest BCUT2D eigenvalue weighted by Gasteiger charge is -2.27. The van der Waals surface area contributed by atoms with Crippen LogP contribution in [-0.4, -0.2) is 38.6 Å². The number of amides is 1. The van der Waals surface area contributed by atoms with Crippen molar-refractivity contribution in [2.75, 3.05) is 18.0 Å². The number of aryl methyl sites for hydroxylation is 1. The highest BCUT2D eigenvalue weighted by atomic mass is 19.1. The van der Waals surface area contributed by atoms with Crippen LogP contribution in [0.1, 0.15) is 47.4 Å². The molecular formula is C20H21FN6O. The fourth-order valence-corrected chi connectivity index (χ4v) is 4.31. The second-order valence-corrected chi connectivity index (χ2v) is 7.67. The zero-order valence-electron chi connectivity index (χ0n) is 15.6. The van der Waals surface area contributed by atoms with Gasteiger partial charge in [-0.05, 0) is 42.9 Å². The number of nitrogens with zero attached hydrogens (tertiary/aromatic N) is 5. The van der Waals surface area contributed by atoms with Gasteiger partial charge in [-0.2, -0.15) is 5.10 Å². The summed E-state index contributed by atoms with van der Waals surface area (Å²) in [5, 5.41) is 7.17. The number of halogens is 1. The number of hydrogen-bond acceptors (Lipinski definition) is 5. The predicted octanol–water partition coefficient (Wildman–Crippen LogP) is 2.53. The monoisotopic (exact) mass is 380 g/mol. The van der Waals surface area contributed by atoms with E-state index in [0.29, 0.717) is 30.1 Å². The molecule has 144 valence electrons. The summed E-state index contributed by atoms with van der Waals surface area (Å²) < 4.78 is 15.7. The molecule has 1 amide bonds. The maximum atomic E-state index is 14.1. The van der Waals surface area contributed by atoms with E-state index >= 15 is 0 Å². The van der Waals surface area contributed by atoms with E-state index in [2.05, 4.69) is 27.2 Å². The minimum Gasteiger partial charge on any atom is -0.352 e. The van der Waals surface area contributed by atoms with E-state index in [-0.39, 0.29) is 17.8 Å². The molecule has 5 rings (SSSR count). The van der Waals surface area contributed by atoms with Crippen LogP contribution in [0.25, 0.3) is 5.65 Å². The topological polar surface area (TPSA) is 75.4 Å². The van der Waals surface area contributed by atoms with Crippen molar-refractivity contribution in [3.63, 3.8) is 0 Å². The van der Waals surface area contributed by atoms with Crippen molar-refractivity contribution in [2.45, 2.75) is 32.2 Å². The number of rotatable bonds is 0. The first-order valence-electron chi connectivity index (χ1n) is 9.63. The molecule has 0 aliphatic carbocycles. The number of aromatic nitrogens is 4. The van der Waals surface area contributed by atoms with Crippen molar-refractivity contribution in [1.82, 2.24) is 24.9 Å². The average Bonchev–Trinajstić information content (AvgIpc) is 3.28. The van der Waals surface area contributed by atoms with Crippen LogP contribution in [0.5, 0.6) is 0 Å². The standard InChI is InChI=1S/C20H21FN6O/c1-12-7-17-14-8-13(21)9-23-16(14)3-2-5-22-20(28)15-10-24-27-6-4-18(25-19(15)27)26(17)11-12/h4,6,8-10,12,17H,2-3,5,7,11H2,1H3,(H,22,28)/t12?,17-/m1/s1. The van der Waals surface area contributed by atoms with Crippen LogP contribution in [0.2, 0.25) is 0 Å². The minimum atomic E-state index is -0.322. The van der Waals surface area contributed by atoms with E-state index in [0.717, 1.165) is 36.5 Å². The first-order chi connectivity index (χ1) is 13.6. The van der Waals surface area contributed by atoms with Crippen LogP contribution in [-0.2, 0) is 6.42 Å². The quantitative estimate of drug-likeness (QED) is 0.649. The fraction of sp³-hybridized carbons (Fsp3) is 0.400. The normalized spacial score (nSPS) is 22.2. The Hall–Kier alpha value is -3.03. The van der Waals surface area contributed by atoms with Crippen LogP contribution in [0.3, 0.4) is 0 Å². The summed E-state index contributed by atoms with van der Waals surface area (Å²) in [5.74, 6) is 0.709. The molecule has 8 heteroatoms. The Bertz CT molecular complexity index is 1060. The van der Waals surface area contributed by atoms with Gasteiger partial charge in [0.15, 0.2) is 5.65 Å². The van der Waals surface area contributed by atoms with Gasteiger partial charge in [0.05, 0.1) is 18.4 Å². The second-order valence-electron chi connectivity index (χ2n) is 7.67. The number of hydrogen-bond donors (Lipinski definition) is 1. The van der Waals surface area contributed by atoms with Crippen molar-refractivity contribution in [3.8, 4) is 0 Å². The van der Waals surface area contributed by atoms with E-state index in [4.69, 9.17) is 4.98 Å². The third-order valence-corrected chi connectivity index (χ3v) is 5.61. The molecule has 1 fully saturated rings. The second kappa shape index (κ2) is 6.54. The highest BCUT2D eigenvalue weighted by Gasteiger charge is 2.34. The number of fused-ring (bicyclic) bond motifs is 5. The van der Waals surface area contributed by atoms with Gasteiger partial charge in [-0.25, -0.2) is 13.9 Å². The Labute approximate surface area is 161 Å². The molecular weight excluding hydrogens is 359 g/mol. The molecule has 5 heterocycles. The number of carbonyl (C=O) groups is 1. The van der Waals surface area contributed by atoms with Gasteiger partial charge in [-0.1, -0.05) is 6.92 Å². The summed E-state index contributed by atoms with van der Waals surface area (Å²) in [5.41, 5.74) is 2.81. The lowest BCUT2D eigenvalue weighted by atomic mass is 9.97. The molecule has 2 aliphatic rings. The Balaban J connectivity index is 1.69. The van der Waals surface area contributed by atoms with Gasteiger partial charge in [-0.15, -0.1) is 0 Å². The van der Waals surface area contributed by atoms with Crippen molar-refractivity contribution in [3.05, 3.63) is 53.4 Å². The summed E-state index contributed by atoms with van der Waals surface area (Å²) in [7, 11) is 0. The number of nitrogens with one attached hydrogen (secondary N) is 1. The Morgan fingerprint density at radius 1 is 1.32 bits per heavy atom. The molecule has 2 atom stereocenters. The van der Waals surface area contributed by atoms with E-state index in [9.17, 15) is 9.18 Å². The summed E-state index contributed by atoms with van der Waals surface area (Å²) in [6, 6.07) is 3.52. The van der Waals surface area contributed by atoms with Gasteiger partial charge < -0.3 is 10.2 Å². The van der Waals surface area contributed by atoms with Crippen LogP contribution >= 0.6 is 0 Å². The first-order valence-corrected chi connectivity index (χ1v) is 9.63. The molecule has 0 radical (unpaired) electrons. The van der Waals surface area contributed by atoms with Gasteiger partial charge in [0.2, 0.25) is 0 Å². The summed E-state index contributed by atoms with van der Waals surface area (Å²) in [6.07, 6.45) is 6.98. The third-order valence-electron chi connectivity index (χ3n) is 5.61. The fourth-order valence-electron chi connectivity index (χ4n) is 4.31. The number of pyridine rings is 1. The van der Waals surface area contributed by atoms with Gasteiger partial charge in [0, 0.05) is 25.0 Å². The summed E-state index contributed by atoms with van der Waals surface area (Å²) >= 11 is 0. The molecule has 2 bridgehead atoms. The highest BCUT2D eigenvalue weighted by Crippen LogP contribution is 2.39. The van der Waals surface area contributed by atoms with Gasteiger partial charge in [0.1, 0.15) is 17.2 Å². The van der Waals surface area contributed by atoms with E-state index < -0.39 is 0 Å². The Morgan fingerprint density at radius 2 is 2.21 bits per heavy atom. The Kier molecular flexibility index (Phi) is 3.99.